The van der Waals surface area contributed by atoms with Crippen molar-refractivity contribution in [2.24, 2.45) is 0 Å². The van der Waals surface area contributed by atoms with Gasteiger partial charge < -0.3 is 0 Å². The van der Waals surface area contributed by atoms with Crippen molar-refractivity contribution in [1.82, 2.24) is 0 Å². The molecule has 0 aliphatic heterocycles. The summed E-state index contributed by atoms with van der Waals surface area (Å²) >= 11 is 0. The molecule has 72 valence electrons. The molecular weight excluding hydrogens is 144 g/mol. The van der Waals surface area contributed by atoms with E-state index in [9.17, 15) is 0 Å². The molecule has 0 heterocycles. The summed E-state index contributed by atoms with van der Waals surface area (Å²) in [4.78, 5) is 0. The summed E-state index contributed by atoms with van der Waals surface area (Å²) in [5, 5.41) is 0. The van der Waals surface area contributed by atoms with Crippen LogP contribution in [0.3, 0.4) is 0 Å². The summed E-state index contributed by atoms with van der Waals surface area (Å²) < 4.78 is 0. The van der Waals surface area contributed by atoms with Gasteiger partial charge in [0.2, 0.25) is 0 Å². The van der Waals surface area contributed by atoms with Crippen LogP contribution in [-0.4, -0.2) is 0 Å². The average molecular weight is 168 g/mol. The maximum absolute atomic E-state index is 2.39. The van der Waals surface area contributed by atoms with Gasteiger partial charge in [-0.1, -0.05) is 51.2 Å². The van der Waals surface area contributed by atoms with E-state index in [2.05, 4.69) is 26.8 Å². The van der Waals surface area contributed by atoms with E-state index in [0.29, 0.717) is 0 Å². The SMILES string of the molecule is CCC/C=C(/C)CCCCCC. The Kier molecular flexibility index (Phi) is 8.64. The first kappa shape index (κ1) is 11.7. The van der Waals surface area contributed by atoms with E-state index >= 15 is 0 Å². The van der Waals surface area contributed by atoms with Crippen molar-refractivity contribution < 1.29 is 0 Å². The van der Waals surface area contributed by atoms with Crippen LogP contribution >= 0.6 is 0 Å². The van der Waals surface area contributed by atoms with Crippen LogP contribution in [0.15, 0.2) is 11.6 Å². The second kappa shape index (κ2) is 8.83. The summed E-state index contributed by atoms with van der Waals surface area (Å²) in [6.45, 7) is 6.77. The van der Waals surface area contributed by atoms with E-state index in [-0.39, 0.29) is 0 Å². The van der Waals surface area contributed by atoms with Gasteiger partial charge in [-0.05, 0) is 26.2 Å². The first-order chi connectivity index (χ1) is 5.81. The molecule has 0 spiro atoms. The fourth-order valence-corrected chi connectivity index (χ4v) is 1.32. The second-order valence-corrected chi connectivity index (χ2v) is 3.65. The van der Waals surface area contributed by atoms with Crippen LogP contribution in [0.5, 0.6) is 0 Å². The Hall–Kier alpha value is -0.260. The Balaban J connectivity index is 3.24. The van der Waals surface area contributed by atoms with Crippen molar-refractivity contribution in [1.29, 1.82) is 0 Å². The lowest BCUT2D eigenvalue weighted by Gasteiger charge is -2.00. The zero-order valence-electron chi connectivity index (χ0n) is 9.03. The Labute approximate surface area is 78.1 Å². The number of rotatable bonds is 7. The smallest absolute Gasteiger partial charge is 0.0323 e. The van der Waals surface area contributed by atoms with Gasteiger partial charge in [0.05, 0.1) is 0 Å². The van der Waals surface area contributed by atoms with Gasteiger partial charge in [-0.2, -0.15) is 0 Å². The van der Waals surface area contributed by atoms with Crippen molar-refractivity contribution in [2.75, 3.05) is 0 Å². The predicted octanol–water partition coefficient (Wildman–Crippen LogP) is 4.70. The summed E-state index contributed by atoms with van der Waals surface area (Å²) in [6, 6.07) is 0. The molecule has 0 saturated carbocycles. The molecule has 0 fully saturated rings. The van der Waals surface area contributed by atoms with Gasteiger partial charge in [0, 0.05) is 0 Å². The van der Waals surface area contributed by atoms with E-state index in [4.69, 9.17) is 0 Å². The Morgan fingerprint density at radius 1 is 1.00 bits per heavy atom. The van der Waals surface area contributed by atoms with Crippen molar-refractivity contribution in [3.63, 3.8) is 0 Å². The molecule has 0 aromatic rings. The third-order valence-electron chi connectivity index (χ3n) is 2.21. The first-order valence-corrected chi connectivity index (χ1v) is 5.46. The summed E-state index contributed by atoms with van der Waals surface area (Å²) in [6.07, 6.45) is 11.8. The highest BCUT2D eigenvalue weighted by molar-refractivity contribution is 4.97. The van der Waals surface area contributed by atoms with Crippen molar-refractivity contribution in [3.05, 3.63) is 11.6 Å². The molecule has 0 aromatic heterocycles. The van der Waals surface area contributed by atoms with E-state index in [1.807, 2.05) is 0 Å². The highest BCUT2D eigenvalue weighted by Crippen LogP contribution is 2.10. The van der Waals surface area contributed by atoms with Crippen LogP contribution in [0.1, 0.15) is 65.7 Å². The van der Waals surface area contributed by atoms with Crippen LogP contribution in [0.2, 0.25) is 0 Å². The fourth-order valence-electron chi connectivity index (χ4n) is 1.32. The molecule has 0 aromatic carbocycles. The van der Waals surface area contributed by atoms with Crippen LogP contribution in [0.25, 0.3) is 0 Å². The minimum atomic E-state index is 1.26. The summed E-state index contributed by atoms with van der Waals surface area (Å²) in [5.74, 6) is 0. The van der Waals surface area contributed by atoms with Crippen molar-refractivity contribution >= 4 is 0 Å². The number of hydrogen-bond donors (Lipinski definition) is 0. The van der Waals surface area contributed by atoms with E-state index in [1.54, 1.807) is 5.57 Å². The van der Waals surface area contributed by atoms with Crippen LogP contribution < -0.4 is 0 Å². The lowest BCUT2D eigenvalue weighted by molar-refractivity contribution is 0.663. The summed E-state index contributed by atoms with van der Waals surface area (Å²) in [5.41, 5.74) is 1.59. The van der Waals surface area contributed by atoms with Crippen molar-refractivity contribution in [3.8, 4) is 0 Å². The summed E-state index contributed by atoms with van der Waals surface area (Å²) in [7, 11) is 0. The number of unbranched alkanes of at least 4 members (excludes halogenated alkanes) is 4. The lowest BCUT2D eigenvalue weighted by atomic mass is 10.1. The minimum absolute atomic E-state index is 1.26. The molecule has 0 aliphatic carbocycles. The van der Waals surface area contributed by atoms with Gasteiger partial charge in [-0.25, -0.2) is 0 Å². The molecule has 0 rings (SSSR count). The molecule has 0 saturated heterocycles. The molecule has 0 N–H and O–H groups in total. The topological polar surface area (TPSA) is 0 Å². The molecular formula is C12H24. The van der Waals surface area contributed by atoms with Gasteiger partial charge in [0.1, 0.15) is 0 Å². The normalized spacial score (nSPS) is 12.1. The third kappa shape index (κ3) is 7.84. The fraction of sp³-hybridized carbons (Fsp3) is 0.833. The van der Waals surface area contributed by atoms with Gasteiger partial charge in [-0.3, -0.25) is 0 Å². The van der Waals surface area contributed by atoms with E-state index in [0.717, 1.165) is 0 Å². The number of allylic oxidation sites excluding steroid dienone is 2. The molecule has 0 heteroatoms. The van der Waals surface area contributed by atoms with Gasteiger partial charge in [0.25, 0.3) is 0 Å². The highest BCUT2D eigenvalue weighted by Gasteiger charge is 1.90. The monoisotopic (exact) mass is 168 g/mol. The predicted molar refractivity (Wildman–Crippen MR) is 57.4 cm³/mol. The Morgan fingerprint density at radius 2 is 1.75 bits per heavy atom. The first-order valence-electron chi connectivity index (χ1n) is 5.46. The van der Waals surface area contributed by atoms with Crippen molar-refractivity contribution in [2.45, 2.75) is 65.7 Å². The molecule has 0 bridgehead atoms. The maximum atomic E-state index is 2.39. The zero-order chi connectivity index (χ0) is 9.23. The van der Waals surface area contributed by atoms with Gasteiger partial charge in [0.15, 0.2) is 0 Å². The van der Waals surface area contributed by atoms with Gasteiger partial charge >= 0.3 is 0 Å². The molecule has 0 radical (unpaired) electrons. The lowest BCUT2D eigenvalue weighted by Crippen LogP contribution is -1.80. The molecule has 12 heavy (non-hydrogen) atoms. The van der Waals surface area contributed by atoms with Gasteiger partial charge in [-0.15, -0.1) is 0 Å². The standard InChI is InChI=1S/C12H24/c1-4-6-8-9-11-12(3)10-7-5-2/h10H,4-9,11H2,1-3H3/b12-10-. The molecule has 0 amide bonds. The van der Waals surface area contributed by atoms with E-state index in [1.165, 1.54) is 44.9 Å². The Bertz CT molecular complexity index is 111. The van der Waals surface area contributed by atoms with E-state index < -0.39 is 0 Å². The largest absolute Gasteiger partial charge is 0.0856 e. The quantitative estimate of drug-likeness (QED) is 0.382. The molecule has 0 atom stereocenters. The molecule has 0 nitrogen and oxygen atoms in total. The highest BCUT2D eigenvalue weighted by atomic mass is 14.0. The average Bonchev–Trinajstić information content (AvgIpc) is 2.09. The number of hydrogen-bond acceptors (Lipinski definition) is 0. The van der Waals surface area contributed by atoms with Crippen LogP contribution in [0, 0.1) is 0 Å². The minimum Gasteiger partial charge on any atom is -0.0856 e. The third-order valence-corrected chi connectivity index (χ3v) is 2.21. The zero-order valence-corrected chi connectivity index (χ0v) is 9.03. The molecule has 0 unspecified atom stereocenters. The Morgan fingerprint density at radius 3 is 2.33 bits per heavy atom. The maximum Gasteiger partial charge on any atom is -0.0323 e. The van der Waals surface area contributed by atoms with Crippen LogP contribution in [-0.2, 0) is 0 Å². The van der Waals surface area contributed by atoms with Crippen LogP contribution in [0.4, 0.5) is 0 Å². The molecule has 0 aliphatic rings. The second-order valence-electron chi connectivity index (χ2n) is 3.65.